The molecule has 0 saturated heterocycles. The van der Waals surface area contributed by atoms with Crippen molar-refractivity contribution in [2.24, 2.45) is 0 Å². The molecule has 160 valence electrons. The molecule has 3 aromatic carbocycles. The van der Waals surface area contributed by atoms with Gasteiger partial charge in [0.2, 0.25) is 0 Å². The van der Waals surface area contributed by atoms with E-state index in [1.54, 1.807) is 18.2 Å². The van der Waals surface area contributed by atoms with Crippen LogP contribution in [0.25, 0.3) is 5.70 Å². The van der Waals surface area contributed by atoms with Crippen LogP contribution < -0.4 is 15.4 Å². The summed E-state index contributed by atoms with van der Waals surface area (Å²) in [7, 11) is 0. The Hall–Kier alpha value is -2.83. The van der Waals surface area contributed by atoms with Gasteiger partial charge in [-0.2, -0.15) is 0 Å². The highest BCUT2D eigenvalue weighted by atomic mass is 79.9. The highest BCUT2D eigenvalue weighted by molar-refractivity contribution is 9.10. The molecule has 0 aliphatic carbocycles. The van der Waals surface area contributed by atoms with Gasteiger partial charge < -0.3 is 15.2 Å². The number of phenols is 1. The molecule has 1 aliphatic rings. The molecule has 3 N–H and O–H groups in total. The van der Waals surface area contributed by atoms with Crippen LogP contribution in [0.1, 0.15) is 41.4 Å². The minimum absolute atomic E-state index is 0.113. The van der Waals surface area contributed by atoms with Gasteiger partial charge in [0.15, 0.2) is 11.5 Å². The summed E-state index contributed by atoms with van der Waals surface area (Å²) in [4.78, 5) is 0. The van der Waals surface area contributed by atoms with Gasteiger partial charge in [0.1, 0.15) is 12.0 Å². The summed E-state index contributed by atoms with van der Waals surface area (Å²) in [6.07, 6.45) is 1.75. The lowest BCUT2D eigenvalue weighted by Crippen LogP contribution is -2.39. The first-order valence-corrected chi connectivity index (χ1v) is 11.0. The Labute approximate surface area is 189 Å². The second-order valence-corrected chi connectivity index (χ2v) is 8.32. The van der Waals surface area contributed by atoms with E-state index in [2.05, 4.69) is 50.8 Å². The maximum Gasteiger partial charge on any atom is 0.162 e. The largest absolute Gasteiger partial charge is 0.504 e. The van der Waals surface area contributed by atoms with Crippen molar-refractivity contribution in [3.63, 3.8) is 0 Å². The van der Waals surface area contributed by atoms with Crippen LogP contribution in [0.15, 0.2) is 71.2 Å². The fourth-order valence-corrected chi connectivity index (χ4v) is 4.06. The highest BCUT2D eigenvalue weighted by Crippen LogP contribution is 2.38. The zero-order chi connectivity index (χ0) is 22.0. The summed E-state index contributed by atoms with van der Waals surface area (Å²) < 4.78 is 19.8. The maximum absolute atomic E-state index is 13.8. The molecule has 0 bridgehead atoms. The van der Waals surface area contributed by atoms with Gasteiger partial charge in [-0.15, -0.1) is 0 Å². The van der Waals surface area contributed by atoms with Crippen molar-refractivity contribution >= 4 is 21.6 Å². The number of benzene rings is 3. The third-order valence-electron chi connectivity index (χ3n) is 5.28. The van der Waals surface area contributed by atoms with E-state index in [1.165, 1.54) is 11.6 Å². The van der Waals surface area contributed by atoms with Crippen molar-refractivity contribution in [2.75, 3.05) is 6.61 Å². The van der Waals surface area contributed by atoms with E-state index in [9.17, 15) is 9.50 Å². The number of aromatic hydroxyl groups is 1. The van der Waals surface area contributed by atoms with Gasteiger partial charge in [-0.1, -0.05) is 48.0 Å². The first-order chi connectivity index (χ1) is 15.0. The number of aryl methyl sites for hydroxylation is 1. The van der Waals surface area contributed by atoms with Gasteiger partial charge in [-0.3, -0.25) is 5.32 Å². The topological polar surface area (TPSA) is 53.5 Å². The second-order valence-electron chi connectivity index (χ2n) is 7.47. The van der Waals surface area contributed by atoms with Crippen molar-refractivity contribution in [3.8, 4) is 11.5 Å². The SMILES string of the molecule is CCOc1cccc(C2C=C(c3ccc(C)cc3)NC(c3ccc(F)c(Br)c3)N2)c1O. The summed E-state index contributed by atoms with van der Waals surface area (Å²) >= 11 is 3.28. The minimum Gasteiger partial charge on any atom is -0.504 e. The van der Waals surface area contributed by atoms with Gasteiger partial charge in [-0.25, -0.2) is 4.39 Å². The molecule has 1 aliphatic heterocycles. The Morgan fingerprint density at radius 3 is 2.58 bits per heavy atom. The second kappa shape index (κ2) is 9.12. The van der Waals surface area contributed by atoms with Crippen molar-refractivity contribution in [1.29, 1.82) is 0 Å². The summed E-state index contributed by atoms with van der Waals surface area (Å²) in [5, 5.41) is 17.8. The number of phenolic OH excluding ortho intramolecular Hbond substituents is 1. The molecule has 0 radical (unpaired) electrons. The molecule has 0 fully saturated rings. The number of hydrogen-bond donors (Lipinski definition) is 3. The third-order valence-corrected chi connectivity index (χ3v) is 5.89. The Kier molecular flexibility index (Phi) is 6.30. The molecule has 6 heteroatoms. The lowest BCUT2D eigenvalue weighted by atomic mass is 9.97. The zero-order valence-corrected chi connectivity index (χ0v) is 18.9. The molecule has 1 heterocycles. The predicted molar refractivity (Wildman–Crippen MR) is 124 cm³/mol. The molecule has 4 rings (SSSR count). The molecule has 0 saturated carbocycles. The Bertz CT molecular complexity index is 1120. The van der Waals surface area contributed by atoms with Crippen molar-refractivity contribution in [2.45, 2.75) is 26.1 Å². The highest BCUT2D eigenvalue weighted by Gasteiger charge is 2.27. The van der Waals surface area contributed by atoms with Crippen molar-refractivity contribution < 1.29 is 14.2 Å². The monoisotopic (exact) mass is 482 g/mol. The molecular formula is C25H24BrFN2O2. The number of nitrogens with one attached hydrogen (secondary N) is 2. The van der Waals surface area contributed by atoms with Crippen LogP contribution in [0.3, 0.4) is 0 Å². The smallest absolute Gasteiger partial charge is 0.162 e. The van der Waals surface area contributed by atoms with Gasteiger partial charge in [0.05, 0.1) is 17.1 Å². The Morgan fingerprint density at radius 1 is 1.10 bits per heavy atom. The summed E-state index contributed by atoms with van der Waals surface area (Å²) in [6, 6.07) is 18.4. The van der Waals surface area contributed by atoms with E-state index in [1.807, 2.05) is 32.1 Å². The lowest BCUT2D eigenvalue weighted by Gasteiger charge is -2.33. The van der Waals surface area contributed by atoms with Crippen LogP contribution in [-0.4, -0.2) is 11.7 Å². The zero-order valence-electron chi connectivity index (χ0n) is 17.3. The molecule has 0 amide bonds. The standard InChI is InChI=1S/C25H24BrFN2O2/c1-3-31-23-6-4-5-18(24(23)30)22-14-21(16-9-7-15(2)8-10-16)28-25(29-22)17-11-12-20(27)19(26)13-17/h4-14,22,25,28-30H,3H2,1-2H3. The van der Waals surface area contributed by atoms with Crippen LogP contribution in [0.4, 0.5) is 4.39 Å². The first-order valence-electron chi connectivity index (χ1n) is 10.2. The fourth-order valence-electron chi connectivity index (χ4n) is 3.67. The number of rotatable bonds is 5. The number of ether oxygens (including phenoxy) is 1. The Morgan fingerprint density at radius 2 is 1.87 bits per heavy atom. The quantitative estimate of drug-likeness (QED) is 0.418. The molecular weight excluding hydrogens is 459 g/mol. The van der Waals surface area contributed by atoms with E-state index in [-0.39, 0.29) is 23.8 Å². The molecule has 2 atom stereocenters. The van der Waals surface area contributed by atoms with Gasteiger partial charge >= 0.3 is 0 Å². The van der Waals surface area contributed by atoms with Crippen LogP contribution in [-0.2, 0) is 0 Å². The first kappa shape index (κ1) is 21.4. The molecule has 3 aromatic rings. The van der Waals surface area contributed by atoms with E-state index in [0.29, 0.717) is 22.4 Å². The van der Waals surface area contributed by atoms with E-state index in [0.717, 1.165) is 16.8 Å². The number of halogens is 2. The van der Waals surface area contributed by atoms with Gasteiger partial charge in [0, 0.05) is 11.3 Å². The van der Waals surface area contributed by atoms with E-state index >= 15 is 0 Å². The van der Waals surface area contributed by atoms with Crippen LogP contribution >= 0.6 is 15.9 Å². The molecule has 4 nitrogen and oxygen atoms in total. The molecule has 31 heavy (non-hydrogen) atoms. The van der Waals surface area contributed by atoms with Crippen LogP contribution in [0, 0.1) is 12.7 Å². The maximum atomic E-state index is 13.8. The normalized spacial score (nSPS) is 18.3. The van der Waals surface area contributed by atoms with Gasteiger partial charge in [-0.05, 0) is 65.2 Å². The predicted octanol–water partition coefficient (Wildman–Crippen LogP) is 5.97. The van der Waals surface area contributed by atoms with Crippen molar-refractivity contribution in [3.05, 3.63) is 99.3 Å². The summed E-state index contributed by atoms with van der Waals surface area (Å²) in [5.41, 5.74) is 4.72. The van der Waals surface area contributed by atoms with Crippen LogP contribution in [0.5, 0.6) is 11.5 Å². The average Bonchev–Trinajstić information content (AvgIpc) is 2.77. The molecule has 0 spiro atoms. The number of hydrogen-bond acceptors (Lipinski definition) is 4. The number of para-hydroxylation sites is 1. The van der Waals surface area contributed by atoms with Crippen LogP contribution in [0.2, 0.25) is 0 Å². The summed E-state index contributed by atoms with van der Waals surface area (Å²) in [5.74, 6) is 0.251. The minimum atomic E-state index is -0.313. The van der Waals surface area contributed by atoms with E-state index in [4.69, 9.17) is 4.74 Å². The van der Waals surface area contributed by atoms with E-state index < -0.39 is 0 Å². The molecule has 2 unspecified atom stereocenters. The van der Waals surface area contributed by atoms with Crippen molar-refractivity contribution in [1.82, 2.24) is 10.6 Å². The van der Waals surface area contributed by atoms with Gasteiger partial charge in [0.25, 0.3) is 0 Å². The third kappa shape index (κ3) is 4.60. The Balaban J connectivity index is 1.77. The fraction of sp³-hybridized carbons (Fsp3) is 0.200. The summed E-state index contributed by atoms with van der Waals surface area (Å²) in [6.45, 7) is 4.40. The average molecular weight is 483 g/mol. The lowest BCUT2D eigenvalue weighted by molar-refractivity contribution is 0.314. The molecule has 0 aromatic heterocycles.